The van der Waals surface area contributed by atoms with E-state index >= 15 is 0 Å². The van der Waals surface area contributed by atoms with Gasteiger partial charge in [-0.25, -0.2) is 13.2 Å². The first-order chi connectivity index (χ1) is 13.5. The maximum atomic E-state index is 12.6. The van der Waals surface area contributed by atoms with E-state index in [1.165, 1.54) is 10.5 Å². The van der Waals surface area contributed by atoms with Crippen LogP contribution in [0.1, 0.15) is 12.8 Å². The molecule has 1 aromatic heterocycles. The Balaban J connectivity index is 1.44. The lowest BCUT2D eigenvalue weighted by Crippen LogP contribution is -2.42. The van der Waals surface area contributed by atoms with Gasteiger partial charge in [0.05, 0.1) is 7.11 Å². The molecule has 1 saturated heterocycles. The van der Waals surface area contributed by atoms with Crippen molar-refractivity contribution < 1.29 is 17.9 Å². The molecule has 2 amide bonds. The van der Waals surface area contributed by atoms with Crippen LogP contribution in [-0.2, 0) is 10.0 Å². The van der Waals surface area contributed by atoms with Crippen molar-refractivity contribution in [1.82, 2.24) is 14.6 Å². The second-order valence-corrected chi connectivity index (χ2v) is 8.54. The predicted octanol–water partition coefficient (Wildman–Crippen LogP) is 2.31. The van der Waals surface area contributed by atoms with Crippen molar-refractivity contribution in [3.05, 3.63) is 48.8 Å². The minimum Gasteiger partial charge on any atom is -0.497 e. The van der Waals surface area contributed by atoms with E-state index < -0.39 is 10.0 Å². The van der Waals surface area contributed by atoms with Crippen LogP contribution in [0, 0.1) is 5.92 Å². The summed E-state index contributed by atoms with van der Waals surface area (Å²) in [7, 11) is -1.92. The molecule has 2 N–H and O–H groups in total. The largest absolute Gasteiger partial charge is 0.497 e. The van der Waals surface area contributed by atoms with Gasteiger partial charge < -0.3 is 15.4 Å². The van der Waals surface area contributed by atoms with E-state index in [0.717, 1.165) is 5.75 Å². The van der Waals surface area contributed by atoms with Crippen molar-refractivity contribution in [3.8, 4) is 5.75 Å². The van der Waals surface area contributed by atoms with Crippen molar-refractivity contribution in [2.24, 2.45) is 5.92 Å². The number of hydrogen-bond acceptors (Lipinski definition) is 5. The summed E-state index contributed by atoms with van der Waals surface area (Å²) in [5, 5.41) is 5.62. The number of carbonyl (C=O) groups is 1. The lowest BCUT2D eigenvalue weighted by atomic mass is 9.98. The number of amides is 2. The first kappa shape index (κ1) is 20.1. The van der Waals surface area contributed by atoms with E-state index in [0.29, 0.717) is 38.2 Å². The minimum absolute atomic E-state index is 0.213. The van der Waals surface area contributed by atoms with Crippen LogP contribution >= 0.6 is 0 Å². The third-order valence-electron chi connectivity index (χ3n) is 4.74. The first-order valence-corrected chi connectivity index (χ1v) is 10.5. The normalized spacial score (nSPS) is 15.8. The summed E-state index contributed by atoms with van der Waals surface area (Å²) in [5.41, 5.74) is 0.677. The van der Waals surface area contributed by atoms with Crippen LogP contribution in [0.2, 0.25) is 0 Å². The number of aromatic nitrogens is 1. The highest BCUT2D eigenvalue weighted by molar-refractivity contribution is 7.89. The molecule has 0 radical (unpaired) electrons. The van der Waals surface area contributed by atoms with Gasteiger partial charge in [0.1, 0.15) is 10.6 Å². The van der Waals surface area contributed by atoms with Crippen molar-refractivity contribution in [2.75, 3.05) is 32.1 Å². The van der Waals surface area contributed by atoms with E-state index in [4.69, 9.17) is 4.74 Å². The van der Waals surface area contributed by atoms with Gasteiger partial charge in [0, 0.05) is 37.7 Å². The van der Waals surface area contributed by atoms with E-state index in [-0.39, 0.29) is 16.8 Å². The van der Waals surface area contributed by atoms with Crippen LogP contribution in [0.4, 0.5) is 10.5 Å². The molecule has 1 aromatic carbocycles. The highest BCUT2D eigenvalue weighted by Gasteiger charge is 2.29. The number of carbonyl (C=O) groups excluding carboxylic acids is 1. The van der Waals surface area contributed by atoms with Gasteiger partial charge in [0.15, 0.2) is 0 Å². The molecule has 0 bridgehead atoms. The van der Waals surface area contributed by atoms with E-state index in [9.17, 15) is 13.2 Å². The second-order valence-electron chi connectivity index (χ2n) is 6.60. The standard InChI is InChI=1S/C19H24N4O4S/c1-27-17-6-4-16(5-7-17)22-19(24)21-13-15-8-11-23(12-9-15)28(25,26)18-3-2-10-20-14-18/h2-7,10,14-15H,8-9,11-13H2,1H3,(H2,21,22,24). The maximum absolute atomic E-state index is 12.6. The zero-order valence-electron chi connectivity index (χ0n) is 15.7. The number of pyridine rings is 1. The van der Waals surface area contributed by atoms with Crippen molar-refractivity contribution in [1.29, 1.82) is 0 Å². The molecule has 1 aliphatic heterocycles. The Bertz CT molecular complexity index is 880. The number of anilines is 1. The van der Waals surface area contributed by atoms with Crippen LogP contribution in [0.5, 0.6) is 5.75 Å². The van der Waals surface area contributed by atoms with Gasteiger partial charge in [0.2, 0.25) is 10.0 Å². The number of methoxy groups -OCH3 is 1. The molecule has 8 nitrogen and oxygen atoms in total. The van der Waals surface area contributed by atoms with Gasteiger partial charge in [-0.05, 0) is 55.2 Å². The fourth-order valence-electron chi connectivity index (χ4n) is 3.09. The zero-order valence-corrected chi connectivity index (χ0v) is 16.5. The van der Waals surface area contributed by atoms with Gasteiger partial charge in [-0.15, -0.1) is 0 Å². The van der Waals surface area contributed by atoms with Crippen LogP contribution in [0.25, 0.3) is 0 Å². The van der Waals surface area contributed by atoms with E-state index in [1.807, 2.05) is 0 Å². The molecular weight excluding hydrogens is 380 g/mol. The molecule has 0 unspecified atom stereocenters. The van der Waals surface area contributed by atoms with E-state index in [1.54, 1.807) is 49.7 Å². The Kier molecular flexibility index (Phi) is 6.48. The minimum atomic E-state index is -3.50. The molecule has 0 spiro atoms. The van der Waals surface area contributed by atoms with Gasteiger partial charge in [0.25, 0.3) is 0 Å². The lowest BCUT2D eigenvalue weighted by molar-refractivity contribution is 0.240. The summed E-state index contributed by atoms with van der Waals surface area (Å²) in [4.78, 5) is 16.2. The molecule has 1 aliphatic rings. The molecular formula is C19H24N4O4S. The number of piperidine rings is 1. The molecule has 28 heavy (non-hydrogen) atoms. The van der Waals surface area contributed by atoms with Gasteiger partial charge in [-0.2, -0.15) is 4.31 Å². The number of sulfonamides is 1. The summed E-state index contributed by atoms with van der Waals surface area (Å²) in [5.74, 6) is 0.959. The van der Waals surface area contributed by atoms with Crippen molar-refractivity contribution >= 4 is 21.7 Å². The quantitative estimate of drug-likeness (QED) is 0.770. The Morgan fingerprint density at radius 2 is 1.93 bits per heavy atom. The zero-order chi connectivity index (χ0) is 20.0. The molecule has 0 aliphatic carbocycles. The number of ether oxygens (including phenoxy) is 1. The smallest absolute Gasteiger partial charge is 0.319 e. The first-order valence-electron chi connectivity index (χ1n) is 9.08. The summed E-state index contributed by atoms with van der Waals surface area (Å²) < 4.78 is 31.8. The number of nitrogens with zero attached hydrogens (tertiary/aromatic N) is 2. The number of urea groups is 1. The monoisotopic (exact) mass is 404 g/mol. The number of rotatable bonds is 6. The van der Waals surface area contributed by atoms with Crippen LogP contribution < -0.4 is 15.4 Å². The maximum Gasteiger partial charge on any atom is 0.319 e. The van der Waals surface area contributed by atoms with E-state index in [2.05, 4.69) is 15.6 Å². The highest BCUT2D eigenvalue weighted by Crippen LogP contribution is 2.23. The van der Waals surface area contributed by atoms with Crippen LogP contribution in [0.15, 0.2) is 53.7 Å². The number of benzene rings is 1. The molecule has 1 fully saturated rings. The summed E-state index contributed by atoms with van der Waals surface area (Å²) in [6.45, 7) is 1.37. The number of nitrogens with one attached hydrogen (secondary N) is 2. The van der Waals surface area contributed by atoms with Gasteiger partial charge in [-0.3, -0.25) is 4.98 Å². The topological polar surface area (TPSA) is 101 Å². The lowest BCUT2D eigenvalue weighted by Gasteiger charge is -2.31. The summed E-state index contributed by atoms with van der Waals surface area (Å²) in [6.07, 6.45) is 4.31. The predicted molar refractivity (Wildman–Crippen MR) is 106 cm³/mol. The SMILES string of the molecule is COc1ccc(NC(=O)NCC2CCN(S(=O)(=O)c3cccnc3)CC2)cc1. The molecule has 0 atom stereocenters. The number of hydrogen-bond donors (Lipinski definition) is 2. The Hall–Kier alpha value is -2.65. The van der Waals surface area contributed by atoms with Gasteiger partial charge in [-0.1, -0.05) is 0 Å². The molecule has 2 aromatic rings. The molecule has 2 heterocycles. The summed E-state index contributed by atoms with van der Waals surface area (Å²) in [6, 6.07) is 9.96. The molecule has 150 valence electrons. The van der Waals surface area contributed by atoms with Crippen molar-refractivity contribution in [3.63, 3.8) is 0 Å². The third-order valence-corrected chi connectivity index (χ3v) is 6.63. The van der Waals surface area contributed by atoms with Crippen LogP contribution in [0.3, 0.4) is 0 Å². The molecule has 9 heteroatoms. The Morgan fingerprint density at radius 3 is 2.54 bits per heavy atom. The molecule has 3 rings (SSSR count). The fourth-order valence-corrected chi connectivity index (χ4v) is 4.52. The second kappa shape index (κ2) is 9.03. The molecule has 0 saturated carbocycles. The summed E-state index contributed by atoms with van der Waals surface area (Å²) >= 11 is 0. The highest BCUT2D eigenvalue weighted by atomic mass is 32.2. The Morgan fingerprint density at radius 1 is 1.21 bits per heavy atom. The average Bonchev–Trinajstić information content (AvgIpc) is 2.74. The third kappa shape index (κ3) is 4.99. The average molecular weight is 404 g/mol. The Labute approximate surface area is 165 Å². The van der Waals surface area contributed by atoms with Crippen LogP contribution in [-0.4, -0.2) is 50.5 Å². The van der Waals surface area contributed by atoms with Crippen molar-refractivity contribution in [2.45, 2.75) is 17.7 Å². The fraction of sp³-hybridized carbons (Fsp3) is 0.368. The van der Waals surface area contributed by atoms with Gasteiger partial charge >= 0.3 is 6.03 Å².